The maximum atomic E-state index is 13.9. The zero-order valence-corrected chi connectivity index (χ0v) is 21.1. The molecule has 184 valence electrons. The maximum Gasteiger partial charge on any atom is 0.248 e. The Morgan fingerprint density at radius 2 is 1.89 bits per heavy atom. The molecule has 1 fully saturated rings. The second-order valence-electron chi connectivity index (χ2n) is 8.59. The molecule has 0 radical (unpaired) electrons. The van der Waals surface area contributed by atoms with E-state index in [1.807, 2.05) is 73.0 Å². The molecular formula is C28H32N2O4S. The summed E-state index contributed by atoms with van der Waals surface area (Å²) in [5.41, 5.74) is 1.26. The van der Waals surface area contributed by atoms with Crippen molar-refractivity contribution in [2.24, 2.45) is 0 Å². The van der Waals surface area contributed by atoms with Crippen LogP contribution >= 0.6 is 11.3 Å². The third kappa shape index (κ3) is 6.03. The molecule has 1 aliphatic rings. The van der Waals surface area contributed by atoms with Gasteiger partial charge in [-0.15, -0.1) is 11.3 Å². The lowest BCUT2D eigenvalue weighted by Gasteiger charge is -2.33. The molecule has 7 heteroatoms. The fourth-order valence-corrected chi connectivity index (χ4v) is 5.27. The number of para-hydroxylation sites is 2. The highest BCUT2D eigenvalue weighted by Crippen LogP contribution is 2.37. The predicted octanol–water partition coefficient (Wildman–Crippen LogP) is 5.53. The number of benzene rings is 2. The fourth-order valence-electron chi connectivity index (χ4n) is 4.58. The molecule has 1 aromatic heterocycles. The van der Waals surface area contributed by atoms with E-state index in [9.17, 15) is 9.59 Å². The van der Waals surface area contributed by atoms with Gasteiger partial charge in [-0.3, -0.25) is 14.5 Å². The van der Waals surface area contributed by atoms with Crippen LogP contribution in [0.15, 0.2) is 66.0 Å². The number of carbonyl (C=O) groups is 2. The van der Waals surface area contributed by atoms with Crippen molar-refractivity contribution in [2.75, 3.05) is 18.6 Å². The molecule has 35 heavy (non-hydrogen) atoms. The first-order valence-corrected chi connectivity index (χ1v) is 13.0. The van der Waals surface area contributed by atoms with E-state index in [1.54, 1.807) is 12.0 Å². The van der Waals surface area contributed by atoms with Crippen LogP contribution in [0.2, 0.25) is 0 Å². The van der Waals surface area contributed by atoms with E-state index >= 15 is 0 Å². The highest BCUT2D eigenvalue weighted by atomic mass is 32.1. The van der Waals surface area contributed by atoms with Gasteiger partial charge < -0.3 is 14.8 Å². The number of nitrogens with one attached hydrogen (secondary N) is 1. The molecule has 2 aromatic carbocycles. The van der Waals surface area contributed by atoms with Crippen LogP contribution in [0.1, 0.15) is 49.1 Å². The van der Waals surface area contributed by atoms with Gasteiger partial charge in [0.2, 0.25) is 11.8 Å². The minimum absolute atomic E-state index is 0.118. The van der Waals surface area contributed by atoms with Crippen LogP contribution in [0.3, 0.4) is 0 Å². The van der Waals surface area contributed by atoms with Gasteiger partial charge in [0.1, 0.15) is 17.5 Å². The smallest absolute Gasteiger partial charge is 0.248 e. The summed E-state index contributed by atoms with van der Waals surface area (Å²) < 4.78 is 11.4. The molecule has 4 rings (SSSR count). The molecule has 0 spiro atoms. The number of hydrogen-bond acceptors (Lipinski definition) is 5. The van der Waals surface area contributed by atoms with Crippen LogP contribution < -0.4 is 19.7 Å². The number of amides is 2. The van der Waals surface area contributed by atoms with E-state index in [1.165, 1.54) is 11.3 Å². The summed E-state index contributed by atoms with van der Waals surface area (Å²) in [5.74, 6) is 0.825. The topological polar surface area (TPSA) is 67.9 Å². The van der Waals surface area contributed by atoms with Gasteiger partial charge >= 0.3 is 0 Å². The first kappa shape index (κ1) is 24.8. The Bertz CT molecular complexity index is 1130. The second-order valence-corrected chi connectivity index (χ2v) is 9.62. The van der Waals surface area contributed by atoms with Crippen molar-refractivity contribution in [1.29, 1.82) is 0 Å². The molecule has 2 amide bonds. The van der Waals surface area contributed by atoms with Crippen LogP contribution in [-0.4, -0.2) is 31.6 Å². The lowest BCUT2D eigenvalue weighted by molar-refractivity contribution is -0.127. The van der Waals surface area contributed by atoms with Gasteiger partial charge in [-0.25, -0.2) is 0 Å². The van der Waals surface area contributed by atoms with Crippen LogP contribution in [0.5, 0.6) is 11.5 Å². The average molecular weight is 493 g/mol. The van der Waals surface area contributed by atoms with Crippen molar-refractivity contribution in [3.8, 4) is 11.5 Å². The standard InChI is InChI=1S/C28H32N2O4S/c1-3-34-25-16-7-6-15-24(25)30(26(31)19-23-14-9-17-35-23)27(20-10-8-13-22(18-20)33-2)28(32)29-21-11-4-5-12-21/h6-10,13-18,21,27H,3-5,11-12,19H2,1-2H3,(H,29,32)/t27-/m0/s1. The zero-order valence-electron chi connectivity index (χ0n) is 20.2. The Morgan fingerprint density at radius 3 is 2.60 bits per heavy atom. The molecule has 1 saturated carbocycles. The average Bonchev–Trinajstić information content (AvgIpc) is 3.57. The molecular weight excluding hydrogens is 460 g/mol. The molecule has 3 aromatic rings. The summed E-state index contributed by atoms with van der Waals surface area (Å²) in [6.07, 6.45) is 4.30. The Balaban J connectivity index is 1.82. The second kappa shape index (κ2) is 11.9. The molecule has 0 bridgehead atoms. The number of methoxy groups -OCH3 is 1. The lowest BCUT2D eigenvalue weighted by atomic mass is 10.0. The SMILES string of the molecule is CCOc1ccccc1N(C(=O)Cc1cccs1)[C@H](C(=O)NC1CCCC1)c1cccc(OC)c1. The first-order valence-electron chi connectivity index (χ1n) is 12.1. The molecule has 1 N–H and O–H groups in total. The van der Waals surface area contributed by atoms with Crippen molar-refractivity contribution in [3.05, 3.63) is 76.5 Å². The summed E-state index contributed by atoms with van der Waals surface area (Å²) in [6.45, 7) is 2.35. The largest absolute Gasteiger partial charge is 0.497 e. The van der Waals surface area contributed by atoms with Crippen molar-refractivity contribution in [1.82, 2.24) is 5.32 Å². The number of nitrogens with zero attached hydrogens (tertiary/aromatic N) is 1. The van der Waals surface area contributed by atoms with Gasteiger partial charge in [0.15, 0.2) is 0 Å². The van der Waals surface area contributed by atoms with Crippen LogP contribution in [0.25, 0.3) is 0 Å². The van der Waals surface area contributed by atoms with E-state index in [0.29, 0.717) is 29.4 Å². The number of ether oxygens (including phenoxy) is 2. The van der Waals surface area contributed by atoms with Gasteiger partial charge in [-0.2, -0.15) is 0 Å². The van der Waals surface area contributed by atoms with E-state index in [4.69, 9.17) is 9.47 Å². The van der Waals surface area contributed by atoms with Crippen molar-refractivity contribution >= 4 is 28.8 Å². The predicted molar refractivity (Wildman–Crippen MR) is 139 cm³/mol. The Labute approximate surface area is 210 Å². The Kier molecular flexibility index (Phi) is 8.42. The highest BCUT2D eigenvalue weighted by Gasteiger charge is 2.36. The van der Waals surface area contributed by atoms with Crippen molar-refractivity contribution in [2.45, 2.75) is 51.1 Å². The van der Waals surface area contributed by atoms with Crippen molar-refractivity contribution in [3.63, 3.8) is 0 Å². The molecule has 0 aliphatic heterocycles. The molecule has 1 heterocycles. The minimum atomic E-state index is -0.875. The van der Waals surface area contributed by atoms with Gasteiger partial charge in [0.25, 0.3) is 0 Å². The Hall–Kier alpha value is -3.32. The van der Waals surface area contributed by atoms with Gasteiger partial charge in [0, 0.05) is 10.9 Å². The van der Waals surface area contributed by atoms with E-state index in [0.717, 1.165) is 30.6 Å². The Morgan fingerprint density at radius 1 is 1.09 bits per heavy atom. The number of anilines is 1. The van der Waals surface area contributed by atoms with Gasteiger partial charge in [-0.1, -0.05) is 43.2 Å². The summed E-state index contributed by atoms with van der Waals surface area (Å²) in [7, 11) is 1.59. The first-order chi connectivity index (χ1) is 17.1. The van der Waals surface area contributed by atoms with Crippen LogP contribution in [0, 0.1) is 0 Å². The number of rotatable bonds is 10. The third-order valence-corrected chi connectivity index (χ3v) is 7.09. The molecule has 1 aliphatic carbocycles. The zero-order chi connectivity index (χ0) is 24.6. The lowest BCUT2D eigenvalue weighted by Crippen LogP contribution is -2.47. The fraction of sp³-hybridized carbons (Fsp3) is 0.357. The monoisotopic (exact) mass is 492 g/mol. The van der Waals surface area contributed by atoms with E-state index in [-0.39, 0.29) is 24.3 Å². The summed E-state index contributed by atoms with van der Waals surface area (Å²) in [6, 6.07) is 17.9. The van der Waals surface area contributed by atoms with Gasteiger partial charge in [-0.05, 0) is 61.0 Å². The number of thiophene rings is 1. The summed E-state index contributed by atoms with van der Waals surface area (Å²) in [5, 5.41) is 5.17. The number of hydrogen-bond donors (Lipinski definition) is 1. The van der Waals surface area contributed by atoms with Crippen LogP contribution in [-0.2, 0) is 16.0 Å². The summed E-state index contributed by atoms with van der Waals surface area (Å²) >= 11 is 1.53. The summed E-state index contributed by atoms with van der Waals surface area (Å²) in [4.78, 5) is 30.4. The van der Waals surface area contributed by atoms with E-state index < -0.39 is 6.04 Å². The van der Waals surface area contributed by atoms with Gasteiger partial charge in [0.05, 0.1) is 25.8 Å². The third-order valence-electron chi connectivity index (χ3n) is 6.22. The maximum absolute atomic E-state index is 13.9. The highest BCUT2D eigenvalue weighted by molar-refractivity contribution is 7.10. The van der Waals surface area contributed by atoms with Crippen LogP contribution in [0.4, 0.5) is 5.69 Å². The molecule has 6 nitrogen and oxygen atoms in total. The molecule has 0 unspecified atom stereocenters. The quantitative estimate of drug-likeness (QED) is 0.404. The molecule has 0 saturated heterocycles. The van der Waals surface area contributed by atoms with Crippen molar-refractivity contribution < 1.29 is 19.1 Å². The minimum Gasteiger partial charge on any atom is -0.497 e. The normalized spacial score (nSPS) is 14.3. The van der Waals surface area contributed by atoms with E-state index in [2.05, 4.69) is 5.32 Å². The molecule has 1 atom stereocenters. The number of carbonyl (C=O) groups excluding carboxylic acids is 2.